The van der Waals surface area contributed by atoms with Gasteiger partial charge in [-0.15, -0.1) is 0 Å². The van der Waals surface area contributed by atoms with Crippen molar-refractivity contribution >= 4 is 17.3 Å². The van der Waals surface area contributed by atoms with Crippen molar-refractivity contribution in [1.82, 2.24) is 0 Å². The third kappa shape index (κ3) is 5.74. The van der Waals surface area contributed by atoms with Crippen LogP contribution in [0.4, 0.5) is 11.4 Å². The average Bonchev–Trinajstić information content (AvgIpc) is 3.44. The van der Waals surface area contributed by atoms with Crippen molar-refractivity contribution in [1.29, 1.82) is 0 Å². The molecular formula is C32H44N2O4. The van der Waals surface area contributed by atoms with E-state index in [-0.39, 0.29) is 18.6 Å². The van der Waals surface area contributed by atoms with E-state index in [0.29, 0.717) is 17.3 Å². The summed E-state index contributed by atoms with van der Waals surface area (Å²) in [5, 5.41) is 9.31. The molecule has 3 atom stereocenters. The fraction of sp³-hybridized carbons (Fsp3) is 0.594. The third-order valence-corrected chi connectivity index (χ3v) is 9.16. The van der Waals surface area contributed by atoms with Gasteiger partial charge in [-0.05, 0) is 72.4 Å². The molecule has 38 heavy (non-hydrogen) atoms. The minimum atomic E-state index is -0.728. The molecule has 3 fully saturated rings. The number of hydrogen-bond acceptors (Lipinski definition) is 5. The van der Waals surface area contributed by atoms with E-state index in [1.807, 2.05) is 12.1 Å². The lowest BCUT2D eigenvalue weighted by Crippen LogP contribution is -2.39. The van der Waals surface area contributed by atoms with Crippen LogP contribution in [-0.4, -0.2) is 50.0 Å². The van der Waals surface area contributed by atoms with Gasteiger partial charge in [0.15, 0.2) is 0 Å². The van der Waals surface area contributed by atoms with Crippen molar-refractivity contribution in [3.8, 4) is 11.5 Å². The van der Waals surface area contributed by atoms with Gasteiger partial charge in [0.25, 0.3) is 0 Å². The van der Waals surface area contributed by atoms with Crippen molar-refractivity contribution in [2.45, 2.75) is 83.8 Å². The molecule has 6 nitrogen and oxygen atoms in total. The molecule has 0 radical (unpaired) electrons. The van der Waals surface area contributed by atoms with Gasteiger partial charge < -0.3 is 24.4 Å². The largest absolute Gasteiger partial charge is 0.497 e. The summed E-state index contributed by atoms with van der Waals surface area (Å²) in [5.41, 5.74) is 4.23. The Balaban J connectivity index is 1.22. The summed E-state index contributed by atoms with van der Waals surface area (Å²) in [7, 11) is 1.75. The van der Waals surface area contributed by atoms with Crippen LogP contribution in [0.5, 0.6) is 11.5 Å². The van der Waals surface area contributed by atoms with Crippen LogP contribution in [0, 0.1) is 11.3 Å². The van der Waals surface area contributed by atoms with Crippen LogP contribution in [0.1, 0.15) is 77.2 Å². The maximum atomic E-state index is 11.3. The smallest absolute Gasteiger partial charge is 0.305 e. The first-order valence-electron chi connectivity index (χ1n) is 14.4. The van der Waals surface area contributed by atoms with E-state index in [9.17, 15) is 9.90 Å². The number of anilines is 2. The van der Waals surface area contributed by atoms with Crippen LogP contribution in [0.15, 0.2) is 42.5 Å². The lowest BCUT2D eigenvalue weighted by molar-refractivity contribution is -0.137. The number of ether oxygens (including phenoxy) is 2. The highest BCUT2D eigenvalue weighted by atomic mass is 16.5. The second-order valence-electron chi connectivity index (χ2n) is 12.4. The van der Waals surface area contributed by atoms with E-state index in [0.717, 1.165) is 56.1 Å². The fourth-order valence-electron chi connectivity index (χ4n) is 7.11. The summed E-state index contributed by atoms with van der Waals surface area (Å²) in [6.45, 7) is 9.88. The van der Waals surface area contributed by atoms with Crippen molar-refractivity contribution in [3.63, 3.8) is 0 Å². The Labute approximate surface area is 227 Å². The molecule has 2 aromatic rings. The maximum Gasteiger partial charge on any atom is 0.305 e. The Kier molecular flexibility index (Phi) is 7.78. The Morgan fingerprint density at radius 2 is 1.76 bits per heavy atom. The Morgan fingerprint density at radius 1 is 1.05 bits per heavy atom. The molecule has 2 saturated heterocycles. The minimum Gasteiger partial charge on any atom is -0.497 e. The molecule has 1 saturated carbocycles. The molecule has 5 rings (SSSR count). The van der Waals surface area contributed by atoms with Crippen LogP contribution in [0.2, 0.25) is 0 Å². The normalized spacial score (nSPS) is 25.5. The van der Waals surface area contributed by atoms with Gasteiger partial charge in [-0.1, -0.05) is 33.3 Å². The van der Waals surface area contributed by atoms with E-state index < -0.39 is 5.97 Å². The third-order valence-electron chi connectivity index (χ3n) is 9.16. The highest BCUT2D eigenvalue weighted by Gasteiger charge is 2.38. The van der Waals surface area contributed by atoms with Crippen molar-refractivity contribution in [2.24, 2.45) is 11.3 Å². The van der Waals surface area contributed by atoms with Gasteiger partial charge in [0.1, 0.15) is 17.6 Å². The van der Waals surface area contributed by atoms with Crippen LogP contribution in [0.3, 0.4) is 0 Å². The molecule has 0 spiro atoms. The number of hydrogen-bond donors (Lipinski definition) is 1. The summed E-state index contributed by atoms with van der Waals surface area (Å²) >= 11 is 0. The summed E-state index contributed by atoms with van der Waals surface area (Å²) in [5.74, 6) is 2.18. The number of carbonyl (C=O) groups is 1. The number of aliphatic carboxylic acids is 1. The van der Waals surface area contributed by atoms with Gasteiger partial charge >= 0.3 is 5.97 Å². The number of benzene rings is 2. The predicted molar refractivity (Wildman–Crippen MR) is 153 cm³/mol. The molecule has 6 heteroatoms. The van der Waals surface area contributed by atoms with E-state index in [1.54, 1.807) is 7.11 Å². The van der Waals surface area contributed by atoms with Crippen molar-refractivity contribution in [3.05, 3.63) is 48.0 Å². The quantitative estimate of drug-likeness (QED) is 0.417. The molecular weight excluding hydrogens is 476 g/mol. The number of carboxylic acids is 1. The molecule has 0 amide bonds. The number of rotatable bonds is 8. The fourth-order valence-corrected chi connectivity index (χ4v) is 7.11. The molecule has 3 aliphatic rings. The van der Waals surface area contributed by atoms with E-state index in [4.69, 9.17) is 9.47 Å². The average molecular weight is 521 g/mol. The lowest BCUT2D eigenvalue weighted by atomic mass is 9.77. The molecule has 2 aliphatic heterocycles. The summed E-state index contributed by atoms with van der Waals surface area (Å²) in [6.07, 6.45) is 7.12. The van der Waals surface area contributed by atoms with Gasteiger partial charge in [-0.2, -0.15) is 0 Å². The topological polar surface area (TPSA) is 62.2 Å². The lowest BCUT2D eigenvalue weighted by Gasteiger charge is -2.37. The number of nitrogens with zero attached hydrogens (tertiary/aromatic N) is 2. The zero-order valence-corrected chi connectivity index (χ0v) is 23.5. The Morgan fingerprint density at radius 3 is 2.39 bits per heavy atom. The van der Waals surface area contributed by atoms with Crippen LogP contribution in [-0.2, 0) is 4.79 Å². The van der Waals surface area contributed by atoms with Crippen LogP contribution < -0.4 is 19.3 Å². The Bertz CT molecular complexity index is 1110. The van der Waals surface area contributed by atoms with E-state index in [1.165, 1.54) is 30.5 Å². The molecule has 1 N–H and O–H groups in total. The van der Waals surface area contributed by atoms with Crippen molar-refractivity contribution in [2.75, 3.05) is 36.5 Å². The first kappa shape index (κ1) is 26.7. The van der Waals surface area contributed by atoms with Crippen LogP contribution >= 0.6 is 0 Å². The molecule has 1 aliphatic carbocycles. The van der Waals surface area contributed by atoms with Gasteiger partial charge in [-0.25, -0.2) is 0 Å². The SMILES string of the molecule is COc1ccc(C2CCCC2(C)C)c(N2CCC(Oc3ccc(N4C[C@H](C)C[C@@H]4CC(=O)O)cc3)CC2)c1. The highest BCUT2D eigenvalue weighted by molar-refractivity contribution is 5.69. The zero-order chi connectivity index (χ0) is 26.9. The molecule has 2 heterocycles. The Hall–Kier alpha value is -2.89. The maximum absolute atomic E-state index is 11.3. The zero-order valence-electron chi connectivity index (χ0n) is 23.5. The first-order valence-corrected chi connectivity index (χ1v) is 14.4. The second-order valence-corrected chi connectivity index (χ2v) is 12.4. The number of carboxylic acid groups (broad SMARTS) is 1. The number of methoxy groups -OCH3 is 1. The number of piperidine rings is 1. The van der Waals surface area contributed by atoms with Gasteiger partial charge in [-0.3, -0.25) is 4.79 Å². The standard InChI is InChI=1S/C32H44N2O4/c1-22-18-24(19-31(35)36)34(21-22)23-7-9-25(10-8-23)38-26-13-16-33(17-14-26)30-20-27(37-4)11-12-28(30)29-6-5-15-32(29,2)3/h7-12,20,22,24,26,29H,5-6,13-19,21H2,1-4H3,(H,35,36)/t22-,24-,29?/m1/s1. The molecule has 0 aromatic heterocycles. The van der Waals surface area contributed by atoms with Crippen molar-refractivity contribution < 1.29 is 19.4 Å². The first-order chi connectivity index (χ1) is 18.2. The minimum absolute atomic E-state index is 0.0647. The summed E-state index contributed by atoms with van der Waals surface area (Å²) in [4.78, 5) is 16.1. The van der Waals surface area contributed by atoms with E-state index in [2.05, 4.69) is 60.9 Å². The van der Waals surface area contributed by atoms with Crippen LogP contribution in [0.25, 0.3) is 0 Å². The van der Waals surface area contributed by atoms with Gasteiger partial charge in [0, 0.05) is 56.0 Å². The second kappa shape index (κ2) is 11.1. The molecule has 206 valence electrons. The summed E-state index contributed by atoms with van der Waals surface area (Å²) in [6, 6.07) is 15.0. The summed E-state index contributed by atoms with van der Waals surface area (Å²) < 4.78 is 12.0. The predicted octanol–water partition coefficient (Wildman–Crippen LogP) is 6.73. The van der Waals surface area contributed by atoms with Gasteiger partial charge in [0.2, 0.25) is 0 Å². The molecule has 0 bridgehead atoms. The van der Waals surface area contributed by atoms with Gasteiger partial charge in [0.05, 0.1) is 13.5 Å². The monoisotopic (exact) mass is 520 g/mol. The highest BCUT2D eigenvalue weighted by Crippen LogP contribution is 2.51. The molecule has 2 aromatic carbocycles. The van der Waals surface area contributed by atoms with E-state index >= 15 is 0 Å². The molecule has 1 unspecified atom stereocenters.